The topological polar surface area (TPSA) is 52.6 Å². The summed E-state index contributed by atoms with van der Waals surface area (Å²) in [5.41, 5.74) is 0. The molecule has 0 spiro atoms. The van der Waals surface area contributed by atoms with Gasteiger partial charge in [0.05, 0.1) is 0 Å². The summed E-state index contributed by atoms with van der Waals surface area (Å²) in [6, 6.07) is 1.18. The molecule has 0 aromatic heterocycles. The van der Waals surface area contributed by atoms with Crippen LogP contribution in [0.3, 0.4) is 0 Å². The predicted octanol–water partition coefficient (Wildman–Crippen LogP) is 2.48. The number of carboxylic acid groups (broad SMARTS) is 1. The summed E-state index contributed by atoms with van der Waals surface area (Å²) in [5, 5.41) is 13.0. The minimum atomic E-state index is -0.635. The summed E-state index contributed by atoms with van der Waals surface area (Å²) in [5.74, 6) is 0.588. The van der Waals surface area contributed by atoms with Gasteiger partial charge >= 0.3 is 5.97 Å². The molecule has 0 radical (unpaired) electrons. The van der Waals surface area contributed by atoms with E-state index in [9.17, 15) is 4.79 Å². The third-order valence-electron chi connectivity index (χ3n) is 5.37. The second kappa shape index (κ2) is 7.10. The molecule has 2 saturated carbocycles. The Balaban J connectivity index is 1.53. The third-order valence-corrected chi connectivity index (χ3v) is 5.37. The van der Waals surface area contributed by atoms with E-state index in [0.29, 0.717) is 24.4 Å². The Morgan fingerprint density at radius 2 is 1.76 bits per heavy atom. The van der Waals surface area contributed by atoms with Crippen molar-refractivity contribution in [2.24, 2.45) is 11.8 Å². The highest BCUT2D eigenvalue weighted by atomic mass is 16.4. The molecule has 2 N–H and O–H groups in total. The lowest BCUT2D eigenvalue weighted by molar-refractivity contribution is -0.138. The summed E-state index contributed by atoms with van der Waals surface area (Å²) in [6.07, 6.45) is 10.9. The quantitative estimate of drug-likeness (QED) is 0.790. The first-order chi connectivity index (χ1) is 10.2. The van der Waals surface area contributed by atoms with Gasteiger partial charge in [-0.2, -0.15) is 0 Å². The molecule has 1 aliphatic heterocycles. The first kappa shape index (κ1) is 15.3. The highest BCUT2D eigenvalue weighted by Gasteiger charge is 2.33. The summed E-state index contributed by atoms with van der Waals surface area (Å²) in [7, 11) is 0. The smallest absolute Gasteiger partial charge is 0.303 e. The molecule has 3 rings (SSSR count). The number of hydrogen-bond acceptors (Lipinski definition) is 3. The number of nitrogens with zero attached hydrogens (tertiary/aromatic N) is 1. The SMILES string of the molecule is O=C(O)CC1CC(NC2CCCCC2)CN(CC2CC2)C1. The Hall–Kier alpha value is -0.610. The minimum Gasteiger partial charge on any atom is -0.481 e. The summed E-state index contributed by atoms with van der Waals surface area (Å²) in [4.78, 5) is 13.6. The molecular weight excluding hydrogens is 264 g/mol. The maximum absolute atomic E-state index is 11.1. The second-order valence-electron chi connectivity index (χ2n) is 7.56. The molecule has 3 aliphatic rings. The normalized spacial score (nSPS) is 32.2. The van der Waals surface area contributed by atoms with Gasteiger partial charge in [0.1, 0.15) is 0 Å². The van der Waals surface area contributed by atoms with Crippen LogP contribution in [0.15, 0.2) is 0 Å². The van der Waals surface area contributed by atoms with Crippen LogP contribution in [-0.2, 0) is 4.79 Å². The Kier molecular flexibility index (Phi) is 5.17. The molecule has 21 heavy (non-hydrogen) atoms. The van der Waals surface area contributed by atoms with Crippen molar-refractivity contribution < 1.29 is 9.90 Å². The molecule has 0 bridgehead atoms. The first-order valence-corrected chi connectivity index (χ1v) is 8.89. The zero-order valence-electron chi connectivity index (χ0n) is 13.1. The van der Waals surface area contributed by atoms with E-state index in [4.69, 9.17) is 5.11 Å². The number of carbonyl (C=O) groups is 1. The molecule has 0 amide bonds. The van der Waals surface area contributed by atoms with Gasteiger partial charge in [-0.1, -0.05) is 19.3 Å². The number of likely N-dealkylation sites (tertiary alicyclic amines) is 1. The van der Waals surface area contributed by atoms with Gasteiger partial charge in [-0.05, 0) is 43.9 Å². The molecule has 4 heteroatoms. The zero-order chi connectivity index (χ0) is 14.7. The highest BCUT2D eigenvalue weighted by Crippen LogP contribution is 2.32. The van der Waals surface area contributed by atoms with Gasteiger partial charge in [0.15, 0.2) is 0 Å². The lowest BCUT2D eigenvalue weighted by Crippen LogP contribution is -2.52. The fraction of sp³-hybridized carbons (Fsp3) is 0.941. The number of hydrogen-bond donors (Lipinski definition) is 2. The molecule has 1 saturated heterocycles. The Morgan fingerprint density at radius 3 is 2.43 bits per heavy atom. The number of aliphatic carboxylic acids is 1. The van der Waals surface area contributed by atoms with E-state index in [1.54, 1.807) is 0 Å². The second-order valence-corrected chi connectivity index (χ2v) is 7.56. The maximum atomic E-state index is 11.1. The number of nitrogens with one attached hydrogen (secondary N) is 1. The van der Waals surface area contributed by atoms with Gasteiger partial charge in [0.25, 0.3) is 0 Å². The van der Waals surface area contributed by atoms with E-state index in [1.165, 1.54) is 51.5 Å². The van der Waals surface area contributed by atoms with Crippen LogP contribution in [0.25, 0.3) is 0 Å². The average Bonchev–Trinajstić information content (AvgIpc) is 3.22. The fourth-order valence-corrected chi connectivity index (χ4v) is 4.24. The number of piperidine rings is 1. The molecule has 3 fully saturated rings. The Labute approximate surface area is 128 Å². The van der Waals surface area contributed by atoms with Gasteiger partial charge in [-0.15, -0.1) is 0 Å². The first-order valence-electron chi connectivity index (χ1n) is 8.89. The van der Waals surface area contributed by atoms with E-state index < -0.39 is 5.97 Å². The largest absolute Gasteiger partial charge is 0.481 e. The molecule has 0 aromatic rings. The summed E-state index contributed by atoms with van der Waals surface area (Å²) >= 11 is 0. The molecule has 1 heterocycles. The van der Waals surface area contributed by atoms with Crippen LogP contribution in [0.4, 0.5) is 0 Å². The number of rotatable bonds is 6. The molecule has 2 atom stereocenters. The highest BCUT2D eigenvalue weighted by molar-refractivity contribution is 5.67. The summed E-state index contributed by atoms with van der Waals surface area (Å²) in [6.45, 7) is 3.31. The van der Waals surface area contributed by atoms with Crippen molar-refractivity contribution >= 4 is 5.97 Å². The van der Waals surface area contributed by atoms with E-state index in [-0.39, 0.29) is 0 Å². The van der Waals surface area contributed by atoms with Crippen LogP contribution < -0.4 is 5.32 Å². The summed E-state index contributed by atoms with van der Waals surface area (Å²) < 4.78 is 0. The Bertz CT molecular complexity index is 351. The van der Waals surface area contributed by atoms with Crippen LogP contribution in [0.2, 0.25) is 0 Å². The van der Waals surface area contributed by atoms with Crippen LogP contribution in [0.5, 0.6) is 0 Å². The molecule has 4 nitrogen and oxygen atoms in total. The van der Waals surface area contributed by atoms with Crippen molar-refractivity contribution in [2.75, 3.05) is 19.6 Å². The van der Waals surface area contributed by atoms with E-state index in [0.717, 1.165) is 25.4 Å². The average molecular weight is 294 g/mol. The molecule has 0 aromatic carbocycles. The van der Waals surface area contributed by atoms with Gasteiger partial charge in [0.2, 0.25) is 0 Å². The van der Waals surface area contributed by atoms with Crippen molar-refractivity contribution in [1.29, 1.82) is 0 Å². The van der Waals surface area contributed by atoms with Gasteiger partial charge < -0.3 is 15.3 Å². The minimum absolute atomic E-state index is 0.330. The monoisotopic (exact) mass is 294 g/mol. The standard InChI is InChI=1S/C17H30N2O2/c20-17(21)9-14-8-16(18-15-4-2-1-3-5-15)12-19(11-14)10-13-6-7-13/h13-16,18H,1-12H2,(H,20,21). The molecule has 2 aliphatic carbocycles. The lowest BCUT2D eigenvalue weighted by atomic mass is 9.89. The van der Waals surface area contributed by atoms with Gasteiger partial charge in [-0.3, -0.25) is 4.79 Å². The van der Waals surface area contributed by atoms with E-state index >= 15 is 0 Å². The van der Waals surface area contributed by atoms with Crippen LogP contribution in [-0.4, -0.2) is 47.7 Å². The number of carboxylic acids is 1. The zero-order valence-corrected chi connectivity index (χ0v) is 13.1. The lowest BCUT2D eigenvalue weighted by Gasteiger charge is -2.40. The van der Waals surface area contributed by atoms with Crippen LogP contribution in [0.1, 0.15) is 57.8 Å². The fourth-order valence-electron chi connectivity index (χ4n) is 4.24. The predicted molar refractivity (Wildman–Crippen MR) is 83.3 cm³/mol. The van der Waals surface area contributed by atoms with Crippen molar-refractivity contribution in [2.45, 2.75) is 69.9 Å². The van der Waals surface area contributed by atoms with Crippen LogP contribution in [0, 0.1) is 11.8 Å². The van der Waals surface area contributed by atoms with Gasteiger partial charge in [0, 0.05) is 38.1 Å². The van der Waals surface area contributed by atoms with E-state index in [1.807, 2.05) is 0 Å². The maximum Gasteiger partial charge on any atom is 0.303 e. The third kappa shape index (κ3) is 4.96. The van der Waals surface area contributed by atoms with Crippen molar-refractivity contribution in [3.63, 3.8) is 0 Å². The van der Waals surface area contributed by atoms with Crippen molar-refractivity contribution in [3.05, 3.63) is 0 Å². The molecule has 120 valence electrons. The molecule has 2 unspecified atom stereocenters. The van der Waals surface area contributed by atoms with Crippen molar-refractivity contribution in [3.8, 4) is 0 Å². The van der Waals surface area contributed by atoms with Crippen LogP contribution >= 0.6 is 0 Å². The van der Waals surface area contributed by atoms with Gasteiger partial charge in [-0.25, -0.2) is 0 Å². The Morgan fingerprint density at radius 1 is 1.00 bits per heavy atom. The van der Waals surface area contributed by atoms with E-state index in [2.05, 4.69) is 10.2 Å². The van der Waals surface area contributed by atoms with Crippen molar-refractivity contribution in [1.82, 2.24) is 10.2 Å². The molecular formula is C17H30N2O2.